The third kappa shape index (κ3) is 26.4. The number of ether oxygens (including phenoxy) is 5. The zero-order valence-electron chi connectivity index (χ0n) is 64.3. The number of likely N-dealkylation sites (N-methyl/N-ethyl adjacent to an activating group) is 2. The van der Waals surface area contributed by atoms with Crippen molar-refractivity contribution in [3.8, 4) is 0 Å². The number of benzene rings is 2. The van der Waals surface area contributed by atoms with Gasteiger partial charge < -0.3 is 104 Å². The number of primary amides is 1. The number of anilines is 1. The van der Waals surface area contributed by atoms with Gasteiger partial charge in [0.1, 0.15) is 61.3 Å². The number of nitrogens with two attached hydrogens (primary N) is 1. The molecule has 0 spiro atoms. The minimum Gasteiger partial charge on any atom is -0.779 e. The fourth-order valence-corrected chi connectivity index (χ4v) is 14.1. The summed E-state index contributed by atoms with van der Waals surface area (Å²) in [6.45, 7) is 17.6. The minimum atomic E-state index is -1.70. The summed E-state index contributed by atoms with van der Waals surface area (Å²) in [4.78, 5) is 154. The molecule has 597 valence electrons. The van der Waals surface area contributed by atoms with E-state index in [9.17, 15) is 73.2 Å². The normalized spacial score (nSPS) is 21.8. The van der Waals surface area contributed by atoms with E-state index in [1.54, 1.807) is 122 Å². The molecular formula is C74H116N11O20SY-. The monoisotopic (exact) mass is 1600 g/mol. The second-order valence-electron chi connectivity index (χ2n) is 29.0. The Morgan fingerprint density at radius 3 is 1.97 bits per heavy atom. The number of nitrogens with one attached hydrogen (secondary N) is 6. The summed E-state index contributed by atoms with van der Waals surface area (Å²) in [6.07, 6.45) is -7.83. The van der Waals surface area contributed by atoms with Crippen molar-refractivity contribution in [3.63, 3.8) is 0 Å². The summed E-state index contributed by atoms with van der Waals surface area (Å²) < 4.78 is 29.8. The van der Waals surface area contributed by atoms with E-state index in [1.165, 1.54) is 26.2 Å². The molecule has 0 aliphatic carbocycles. The summed E-state index contributed by atoms with van der Waals surface area (Å²) in [6, 6.07) is 7.96. The van der Waals surface area contributed by atoms with E-state index in [1.807, 2.05) is 13.8 Å². The second-order valence-corrected chi connectivity index (χ2v) is 29.6. The molecule has 33 heteroatoms. The number of likely N-dealkylation sites (tertiary alicyclic amines) is 2. The first-order valence-electron chi connectivity index (χ1n) is 36.8. The molecule has 2 aromatic rings. The molecule has 3 saturated heterocycles. The number of aliphatic hydroxyl groups is 4. The van der Waals surface area contributed by atoms with Crippen LogP contribution in [0.5, 0.6) is 0 Å². The number of unbranched alkanes of at least 4 members (excludes halogenated alkanes) is 2. The molecule has 0 bridgehead atoms. The molecule has 12 amide bonds. The quantitative estimate of drug-likeness (QED) is 0.0259. The molecule has 12 N–H and O–H groups in total. The van der Waals surface area contributed by atoms with Crippen molar-refractivity contribution in [2.75, 3.05) is 59.9 Å². The van der Waals surface area contributed by atoms with Crippen LogP contribution in [0.3, 0.4) is 0 Å². The van der Waals surface area contributed by atoms with E-state index < -0.39 is 174 Å². The van der Waals surface area contributed by atoms with Crippen molar-refractivity contribution in [2.45, 2.75) is 243 Å². The Balaban J connectivity index is 0.0000242. The number of methoxy groups -OCH3 is 2. The number of nitrogens with zero attached hydrogens (tertiary/aromatic N) is 4. The van der Waals surface area contributed by atoms with Gasteiger partial charge in [0.2, 0.25) is 53.2 Å². The Kier molecular flexibility index (Phi) is 39.1. The second kappa shape index (κ2) is 45.0. The average Bonchev–Trinajstić information content (AvgIpc) is 1.36. The van der Waals surface area contributed by atoms with Gasteiger partial charge in [-0.3, -0.25) is 53.0 Å². The van der Waals surface area contributed by atoms with Crippen molar-refractivity contribution in [2.24, 2.45) is 35.3 Å². The van der Waals surface area contributed by atoms with Crippen LogP contribution in [0.15, 0.2) is 54.6 Å². The van der Waals surface area contributed by atoms with Crippen molar-refractivity contribution in [1.29, 1.82) is 0 Å². The fourth-order valence-electron chi connectivity index (χ4n) is 13.8. The van der Waals surface area contributed by atoms with Crippen LogP contribution in [0.1, 0.15) is 157 Å². The van der Waals surface area contributed by atoms with Gasteiger partial charge in [-0.2, -0.15) is 0 Å². The molecule has 0 saturated carbocycles. The molecule has 3 aliphatic rings. The van der Waals surface area contributed by atoms with Gasteiger partial charge in [-0.15, -0.1) is 0 Å². The maximum Gasteiger partial charge on any atom is 0.410 e. The van der Waals surface area contributed by atoms with Gasteiger partial charge in [0.15, 0.2) is 6.29 Å². The standard InChI is InChI=1S/C74H117N11O20S.Y/c1-15-43(8)60(51(101-13)36-55(88)84-35-23-27-50(84)64(102-14)44(9)66(93)77-45(10)65(47-24-18-16-19-25-47)105-72-63(92)62(91)61(90)52(38-86)104-72)82(11)71(98)58(41(4)5)81-69(96)59(42(6)7)83(12)74(100)103-39-46-29-31-48(32-30-46)78-67(94)49(26-22-33-76-73(75)99)79-68(95)57(40(2)3)80-54(87)28-20-17-21-34-85-56(89)37-53(106)70(85)97;/h16,18-19,24-25,29-32,40-45,49-53,57-65,72,86,90-92,106H,15,17,20-23,26-28,33-39H2,1-14H3,(H,77,93)(H,78,94)(H,79,95)(H,80,87)(H,81,96)(H3,75,76,99);/p-1. The molecule has 18 unspecified atom stereocenters. The molecule has 3 heterocycles. The van der Waals surface area contributed by atoms with Gasteiger partial charge in [0, 0.05) is 99.2 Å². The third-order valence-corrected chi connectivity index (χ3v) is 20.5. The van der Waals surface area contributed by atoms with Crippen LogP contribution in [0.25, 0.3) is 0 Å². The predicted molar refractivity (Wildman–Crippen MR) is 393 cm³/mol. The number of carbonyl (C=O) groups excluding carboxylic acids is 11. The van der Waals surface area contributed by atoms with E-state index in [0.29, 0.717) is 61.9 Å². The molecule has 1 radical (unpaired) electrons. The van der Waals surface area contributed by atoms with Crippen LogP contribution in [0.2, 0.25) is 0 Å². The van der Waals surface area contributed by atoms with E-state index in [-0.39, 0.29) is 108 Å². The summed E-state index contributed by atoms with van der Waals surface area (Å²) in [5.74, 6) is -6.54. The van der Waals surface area contributed by atoms with Crippen LogP contribution >= 0.6 is 0 Å². The largest absolute Gasteiger partial charge is 0.779 e. The number of imide groups is 1. The molecule has 0 aromatic heterocycles. The molecule has 5 rings (SSSR count). The topological polar surface area (TPSA) is 426 Å². The smallest absolute Gasteiger partial charge is 0.410 e. The van der Waals surface area contributed by atoms with Gasteiger partial charge in [0.05, 0.1) is 49.3 Å². The van der Waals surface area contributed by atoms with Gasteiger partial charge in [0.25, 0.3) is 0 Å². The summed E-state index contributed by atoms with van der Waals surface area (Å²) in [5, 5.41) is 57.6. The maximum atomic E-state index is 14.9. The van der Waals surface area contributed by atoms with Crippen molar-refractivity contribution in [3.05, 3.63) is 65.7 Å². The number of carbonyl (C=O) groups is 11. The van der Waals surface area contributed by atoms with Crippen LogP contribution in [0, 0.1) is 29.6 Å². The van der Waals surface area contributed by atoms with Crippen molar-refractivity contribution < 1.29 is 130 Å². The molecular weight excluding hydrogens is 1480 g/mol. The van der Waals surface area contributed by atoms with Gasteiger partial charge in [-0.05, 0) is 92.4 Å². The minimum absolute atomic E-state index is 0. The first-order chi connectivity index (χ1) is 50.1. The van der Waals surface area contributed by atoms with Crippen LogP contribution in [0.4, 0.5) is 15.3 Å². The molecule has 3 aliphatic heterocycles. The Bertz CT molecular complexity index is 3240. The number of aliphatic hydroxyl groups excluding tert-OH is 4. The average molecular weight is 1600 g/mol. The predicted octanol–water partition coefficient (Wildman–Crippen LogP) is 2.65. The Hall–Kier alpha value is -6.46. The Labute approximate surface area is 659 Å². The van der Waals surface area contributed by atoms with Gasteiger partial charge >= 0.3 is 12.1 Å². The molecule has 3 fully saturated rings. The van der Waals surface area contributed by atoms with Crippen molar-refractivity contribution >= 4 is 83.6 Å². The molecule has 2 aromatic carbocycles. The number of urea groups is 1. The first kappa shape index (κ1) is 92.9. The summed E-state index contributed by atoms with van der Waals surface area (Å²) in [5.41, 5.74) is 6.67. The molecule has 18 atom stereocenters. The Morgan fingerprint density at radius 1 is 0.748 bits per heavy atom. The van der Waals surface area contributed by atoms with E-state index in [0.717, 1.165) is 9.80 Å². The summed E-state index contributed by atoms with van der Waals surface area (Å²) in [7, 11) is 5.96. The van der Waals surface area contributed by atoms with E-state index in [4.69, 9.17) is 42.0 Å². The number of hydrogen-bond donors (Lipinski definition) is 11. The third-order valence-electron chi connectivity index (χ3n) is 20.1. The SMILES string of the molecule is CCC(C)C(C(CC(=O)N1CCCC1C(OC)C(C)C(=O)NC(C)C(OC1OC(CO)C(O)C(O)C1O)c1ccccc1)OC)N(C)C(=O)C(NC(=O)C(C(C)C)N(C)C(=O)OCc1ccc(NC(=O)C(CCCNC(N)=O)NC(=O)C(NC(=O)CCCCCN2C(=O)CC([S-])C2=O)C(C)C)cc1)C(C)C.[Y]. The number of amides is 12. The number of hydrogen-bond acceptors (Lipinski definition) is 21. The zero-order valence-corrected chi connectivity index (χ0v) is 68.0. The van der Waals surface area contributed by atoms with Gasteiger partial charge in [-0.1, -0.05) is 123 Å². The van der Waals surface area contributed by atoms with Crippen LogP contribution in [-0.2, 0) is 119 Å². The van der Waals surface area contributed by atoms with Crippen molar-refractivity contribution in [1.82, 2.24) is 46.2 Å². The number of rotatable bonds is 41. The molecule has 107 heavy (non-hydrogen) atoms. The zero-order chi connectivity index (χ0) is 79.0. The van der Waals surface area contributed by atoms with Gasteiger partial charge in [-0.25, -0.2) is 9.59 Å². The van der Waals surface area contributed by atoms with Crippen LogP contribution < -0.4 is 37.6 Å². The Morgan fingerprint density at radius 2 is 1.40 bits per heavy atom. The molecule has 31 nitrogen and oxygen atoms in total. The summed E-state index contributed by atoms with van der Waals surface area (Å²) >= 11 is 5.03. The first-order valence-corrected chi connectivity index (χ1v) is 37.3. The fraction of sp³-hybridized carbons (Fsp3) is 0.689. The van der Waals surface area contributed by atoms with E-state index in [2.05, 4.69) is 31.9 Å². The van der Waals surface area contributed by atoms with E-state index >= 15 is 0 Å². The van der Waals surface area contributed by atoms with Crippen LogP contribution in [-0.4, -0.2) is 250 Å². The maximum absolute atomic E-state index is 14.9.